The number of aromatic nitrogens is 4. The molecule has 0 atom stereocenters. The quantitative estimate of drug-likeness (QED) is 0.664. The van der Waals surface area contributed by atoms with Crippen molar-refractivity contribution >= 4 is 16.7 Å². The number of nitrogens with zero attached hydrogens (tertiary/aromatic N) is 5. The minimum absolute atomic E-state index is 0.00594. The fourth-order valence-corrected chi connectivity index (χ4v) is 7.40. The summed E-state index contributed by atoms with van der Waals surface area (Å²) in [6.07, 6.45) is 8.41. The molecule has 0 radical (unpaired) electrons. The van der Waals surface area contributed by atoms with Crippen LogP contribution < -0.4 is 5.56 Å². The number of fused-ring (bicyclic) bond motifs is 3. The highest BCUT2D eigenvalue weighted by Crippen LogP contribution is 2.57. The first kappa shape index (κ1) is 18.6. The van der Waals surface area contributed by atoms with E-state index in [1.165, 1.54) is 38.5 Å². The molecule has 0 saturated heterocycles. The Labute approximate surface area is 176 Å². The fraction of sp³-hybridized carbons (Fsp3) is 0.625. The van der Waals surface area contributed by atoms with Gasteiger partial charge in [0, 0.05) is 12.6 Å². The molecule has 4 saturated carbocycles. The normalized spacial score (nSPS) is 30.2. The van der Waals surface area contributed by atoms with Crippen molar-refractivity contribution in [2.24, 2.45) is 24.8 Å². The van der Waals surface area contributed by atoms with E-state index in [9.17, 15) is 4.79 Å². The lowest BCUT2D eigenvalue weighted by Gasteiger charge is -2.60. The fourth-order valence-electron chi connectivity index (χ4n) is 7.40. The second kappa shape index (κ2) is 6.39. The molecule has 3 aromatic rings. The van der Waals surface area contributed by atoms with E-state index in [-0.39, 0.29) is 5.56 Å². The summed E-state index contributed by atoms with van der Waals surface area (Å²) in [7, 11) is 1.80. The predicted molar refractivity (Wildman–Crippen MR) is 117 cm³/mol. The van der Waals surface area contributed by atoms with E-state index >= 15 is 0 Å². The van der Waals surface area contributed by atoms with Gasteiger partial charge in [0.05, 0.1) is 17.4 Å². The van der Waals surface area contributed by atoms with Gasteiger partial charge in [-0.05, 0) is 81.9 Å². The number of hydrogen-bond donors (Lipinski definition) is 0. The summed E-state index contributed by atoms with van der Waals surface area (Å²) in [6.45, 7) is 6.15. The molecule has 0 unspecified atom stereocenters. The largest absolute Gasteiger partial charge is 0.290 e. The van der Waals surface area contributed by atoms with Gasteiger partial charge in [-0.1, -0.05) is 18.6 Å². The Morgan fingerprint density at radius 2 is 1.77 bits per heavy atom. The topological polar surface area (TPSA) is 55.4 Å². The number of rotatable bonds is 4. The highest BCUT2D eigenvalue weighted by Gasteiger charge is 2.53. The van der Waals surface area contributed by atoms with Gasteiger partial charge in [0.25, 0.3) is 5.56 Å². The van der Waals surface area contributed by atoms with Crippen molar-refractivity contribution in [2.45, 2.75) is 64.5 Å². The molecule has 4 bridgehead atoms. The first-order chi connectivity index (χ1) is 14.5. The Morgan fingerprint density at radius 3 is 2.40 bits per heavy atom. The molecule has 30 heavy (non-hydrogen) atoms. The summed E-state index contributed by atoms with van der Waals surface area (Å²) in [5, 5.41) is 9.77. The molecular weight excluding hydrogens is 374 g/mol. The van der Waals surface area contributed by atoms with Crippen molar-refractivity contribution in [3.63, 3.8) is 0 Å². The molecule has 0 N–H and O–H groups in total. The van der Waals surface area contributed by atoms with Crippen LogP contribution in [0.15, 0.2) is 23.0 Å². The lowest BCUT2D eigenvalue weighted by atomic mass is 9.52. The summed E-state index contributed by atoms with van der Waals surface area (Å²) >= 11 is 0. The molecule has 2 heterocycles. The lowest BCUT2D eigenvalue weighted by molar-refractivity contribution is -0.0913. The Balaban J connectivity index is 1.46. The minimum atomic E-state index is -0.00594. The Kier molecular flexibility index (Phi) is 3.95. The minimum Gasteiger partial charge on any atom is -0.290 e. The Bertz CT molecular complexity index is 1170. The standard InChI is InChI=1S/C24H31N5O/c1-4-28(24-11-16-8-17(12-24)10-18(9-16)13-24)14-21-25-26-23-27(3)22(30)19-7-15(2)5-6-20(19)29(21)23/h5-7,16-18H,4,8-14H2,1-3H3. The average Bonchev–Trinajstić information content (AvgIpc) is 3.13. The summed E-state index contributed by atoms with van der Waals surface area (Å²) in [5.74, 6) is 4.35. The van der Waals surface area contributed by atoms with Crippen LogP contribution in [0.2, 0.25) is 0 Å². The van der Waals surface area contributed by atoms with Crippen molar-refractivity contribution in [3.05, 3.63) is 39.9 Å². The molecule has 4 aliphatic rings. The third-order valence-electron chi connectivity index (χ3n) is 8.33. The highest BCUT2D eigenvalue weighted by atomic mass is 16.1. The van der Waals surface area contributed by atoms with E-state index in [1.807, 2.05) is 19.1 Å². The average molecular weight is 406 g/mol. The van der Waals surface area contributed by atoms with Crippen molar-refractivity contribution in [3.8, 4) is 0 Å². The molecule has 0 amide bonds. The first-order valence-corrected chi connectivity index (χ1v) is 11.6. The van der Waals surface area contributed by atoms with E-state index in [4.69, 9.17) is 0 Å². The van der Waals surface area contributed by atoms with Crippen molar-refractivity contribution in [2.75, 3.05) is 6.54 Å². The zero-order chi connectivity index (χ0) is 20.6. The van der Waals surface area contributed by atoms with Crippen LogP contribution in [0.1, 0.15) is 56.8 Å². The molecule has 2 aromatic heterocycles. The molecule has 1 aromatic carbocycles. The van der Waals surface area contributed by atoms with Crippen molar-refractivity contribution in [1.29, 1.82) is 0 Å². The van der Waals surface area contributed by atoms with Gasteiger partial charge in [0.1, 0.15) is 0 Å². The lowest BCUT2D eigenvalue weighted by Crippen LogP contribution is -2.59. The third-order valence-corrected chi connectivity index (χ3v) is 8.33. The summed E-state index contributed by atoms with van der Waals surface area (Å²) < 4.78 is 3.75. The SMILES string of the molecule is CCN(Cc1nnc2n(C)c(=O)c3cc(C)ccc3n12)C12CC3CC(CC(C3)C1)C2. The van der Waals surface area contributed by atoms with E-state index in [0.717, 1.165) is 53.1 Å². The van der Waals surface area contributed by atoms with Crippen LogP contribution in [-0.4, -0.2) is 36.1 Å². The van der Waals surface area contributed by atoms with Gasteiger partial charge in [0.15, 0.2) is 5.82 Å². The van der Waals surface area contributed by atoms with Gasteiger partial charge in [-0.2, -0.15) is 0 Å². The van der Waals surface area contributed by atoms with Crippen molar-refractivity contribution in [1.82, 2.24) is 24.1 Å². The van der Waals surface area contributed by atoms with Gasteiger partial charge in [-0.15, -0.1) is 10.2 Å². The second-order valence-corrected chi connectivity index (χ2v) is 10.3. The third kappa shape index (κ3) is 2.55. The summed E-state index contributed by atoms with van der Waals surface area (Å²) in [4.78, 5) is 15.6. The highest BCUT2D eigenvalue weighted by molar-refractivity contribution is 5.81. The molecule has 7 rings (SSSR count). The van der Waals surface area contributed by atoms with Gasteiger partial charge < -0.3 is 0 Å². The molecule has 6 heteroatoms. The second-order valence-electron chi connectivity index (χ2n) is 10.3. The van der Waals surface area contributed by atoms with Crippen LogP contribution in [-0.2, 0) is 13.6 Å². The molecule has 4 fully saturated rings. The number of aryl methyl sites for hydroxylation is 2. The molecule has 0 aliphatic heterocycles. The van der Waals surface area contributed by atoms with Crippen LogP contribution in [0.25, 0.3) is 16.7 Å². The van der Waals surface area contributed by atoms with Crippen LogP contribution in [0.5, 0.6) is 0 Å². The smallest absolute Gasteiger partial charge is 0.262 e. The molecular formula is C24H31N5O. The molecule has 6 nitrogen and oxygen atoms in total. The first-order valence-electron chi connectivity index (χ1n) is 11.6. The zero-order valence-corrected chi connectivity index (χ0v) is 18.3. The zero-order valence-electron chi connectivity index (χ0n) is 18.3. The maximum Gasteiger partial charge on any atom is 0.262 e. The summed E-state index contributed by atoms with van der Waals surface area (Å²) in [5.41, 5.74) is 2.34. The van der Waals surface area contributed by atoms with Gasteiger partial charge in [0.2, 0.25) is 5.78 Å². The molecule has 4 aliphatic carbocycles. The van der Waals surface area contributed by atoms with Crippen LogP contribution in [0, 0.1) is 24.7 Å². The number of hydrogen-bond acceptors (Lipinski definition) is 4. The van der Waals surface area contributed by atoms with E-state index < -0.39 is 0 Å². The van der Waals surface area contributed by atoms with Gasteiger partial charge in [-0.3, -0.25) is 18.7 Å². The maximum absolute atomic E-state index is 12.9. The van der Waals surface area contributed by atoms with Gasteiger partial charge >= 0.3 is 0 Å². The summed E-state index contributed by atoms with van der Waals surface area (Å²) in [6, 6.07) is 6.10. The van der Waals surface area contributed by atoms with E-state index in [2.05, 4.69) is 32.5 Å². The monoisotopic (exact) mass is 405 g/mol. The van der Waals surface area contributed by atoms with Gasteiger partial charge in [-0.25, -0.2) is 0 Å². The van der Waals surface area contributed by atoms with Crippen LogP contribution in [0.3, 0.4) is 0 Å². The van der Waals surface area contributed by atoms with E-state index in [0.29, 0.717) is 11.3 Å². The van der Waals surface area contributed by atoms with Crippen LogP contribution >= 0.6 is 0 Å². The maximum atomic E-state index is 12.9. The molecule has 0 spiro atoms. The Morgan fingerprint density at radius 1 is 1.10 bits per heavy atom. The Hall–Kier alpha value is -2.21. The van der Waals surface area contributed by atoms with Crippen LogP contribution in [0.4, 0.5) is 0 Å². The predicted octanol–water partition coefficient (Wildman–Crippen LogP) is 3.68. The number of benzene rings is 1. The van der Waals surface area contributed by atoms with E-state index in [1.54, 1.807) is 11.6 Å². The molecule has 158 valence electrons. The van der Waals surface area contributed by atoms with Crippen molar-refractivity contribution < 1.29 is 0 Å².